The Hall–Kier alpha value is -2.51. The molecule has 1 aromatic carbocycles. The highest BCUT2D eigenvalue weighted by Crippen LogP contribution is 2.20. The lowest BCUT2D eigenvalue weighted by molar-refractivity contribution is 0.585. The molecule has 0 spiro atoms. The minimum Gasteiger partial charge on any atom is -0.331 e. The molecule has 124 valence electrons. The first-order chi connectivity index (χ1) is 11.7. The predicted octanol–water partition coefficient (Wildman–Crippen LogP) is 3.99. The Bertz CT molecular complexity index is 911. The van der Waals surface area contributed by atoms with Crippen LogP contribution in [0.25, 0.3) is 11.0 Å². The van der Waals surface area contributed by atoms with Crippen molar-refractivity contribution in [2.75, 3.05) is 12.4 Å². The van der Waals surface area contributed by atoms with Crippen LogP contribution in [-0.2, 0) is 0 Å². The Kier molecular flexibility index (Phi) is 5.02. The number of benzene rings is 1. The maximum atomic E-state index is 5.11. The fraction of sp³-hybridized carbons (Fsp3) is 0.235. The van der Waals surface area contributed by atoms with E-state index in [-0.39, 0.29) is 6.04 Å². The van der Waals surface area contributed by atoms with E-state index in [0.717, 1.165) is 28.8 Å². The number of hydrogen-bond donors (Lipinski definition) is 4. The molecule has 0 aliphatic rings. The Balaban J connectivity index is 1.83. The Labute approximate surface area is 145 Å². The molecule has 4 N–H and O–H groups in total. The Morgan fingerprint density at radius 1 is 1.25 bits per heavy atom. The molecule has 0 amide bonds. The first kappa shape index (κ1) is 16.4. The van der Waals surface area contributed by atoms with Crippen molar-refractivity contribution in [1.82, 2.24) is 25.3 Å². The van der Waals surface area contributed by atoms with E-state index < -0.39 is 0 Å². The van der Waals surface area contributed by atoms with Gasteiger partial charge in [-0.15, -0.1) is 0 Å². The second-order valence-corrected chi connectivity index (χ2v) is 5.82. The van der Waals surface area contributed by atoms with Crippen molar-refractivity contribution < 1.29 is 0 Å². The van der Waals surface area contributed by atoms with Crippen molar-refractivity contribution in [3.63, 3.8) is 0 Å². The van der Waals surface area contributed by atoms with Crippen molar-refractivity contribution in [3.05, 3.63) is 53.1 Å². The summed E-state index contributed by atoms with van der Waals surface area (Å²) >= 11 is 5.11. The molecule has 1 atom stereocenters. The first-order valence-electron chi connectivity index (χ1n) is 7.80. The molecule has 3 aromatic rings. The molecule has 0 fully saturated rings. The number of hydrogen-bond acceptors (Lipinski definition) is 5. The highest BCUT2D eigenvalue weighted by molar-refractivity contribution is 7.71. The summed E-state index contributed by atoms with van der Waals surface area (Å²) in [5, 5.41) is 6.53. The summed E-state index contributed by atoms with van der Waals surface area (Å²) in [6.07, 6.45) is 6.82. The molecule has 0 saturated heterocycles. The maximum Gasteiger partial charge on any atom is 0.227 e. The smallest absolute Gasteiger partial charge is 0.227 e. The molecule has 0 aliphatic heterocycles. The Morgan fingerprint density at radius 2 is 2.08 bits per heavy atom. The lowest BCUT2D eigenvalue weighted by Gasteiger charge is -2.14. The lowest BCUT2D eigenvalue weighted by atomic mass is 10.1. The third-order valence-electron chi connectivity index (χ3n) is 3.76. The fourth-order valence-electron chi connectivity index (χ4n) is 2.53. The second-order valence-electron chi connectivity index (χ2n) is 5.42. The number of allylic oxidation sites excluding steroid dienone is 1. The average molecular weight is 340 g/mol. The van der Waals surface area contributed by atoms with Crippen molar-refractivity contribution in [3.8, 4) is 0 Å². The van der Waals surface area contributed by atoms with Crippen LogP contribution < -0.4 is 10.6 Å². The summed E-state index contributed by atoms with van der Waals surface area (Å²) in [6, 6.07) is 8.01. The maximum absolute atomic E-state index is 5.11. The van der Waals surface area contributed by atoms with E-state index in [0.29, 0.717) is 10.7 Å². The number of H-pyrrole nitrogens is 2. The van der Waals surface area contributed by atoms with Gasteiger partial charge in [0.05, 0.1) is 22.8 Å². The summed E-state index contributed by atoms with van der Waals surface area (Å²) in [6.45, 7) is 2.02. The second kappa shape index (κ2) is 7.37. The highest BCUT2D eigenvalue weighted by atomic mass is 32.1. The van der Waals surface area contributed by atoms with Gasteiger partial charge in [0, 0.05) is 11.9 Å². The third-order valence-corrected chi connectivity index (χ3v) is 3.97. The van der Waals surface area contributed by atoms with Crippen molar-refractivity contribution in [2.24, 2.45) is 0 Å². The van der Waals surface area contributed by atoms with Crippen molar-refractivity contribution in [2.45, 2.75) is 19.4 Å². The van der Waals surface area contributed by atoms with Crippen LogP contribution in [-0.4, -0.2) is 27.0 Å². The zero-order valence-electron chi connectivity index (χ0n) is 13.6. The fourth-order valence-corrected chi connectivity index (χ4v) is 2.74. The monoisotopic (exact) mass is 340 g/mol. The summed E-state index contributed by atoms with van der Waals surface area (Å²) in [4.78, 5) is 15.1. The number of aromatic nitrogens is 4. The summed E-state index contributed by atoms with van der Waals surface area (Å²) < 4.78 is 0.612. The number of rotatable bonds is 6. The van der Waals surface area contributed by atoms with E-state index in [1.165, 1.54) is 0 Å². The van der Waals surface area contributed by atoms with Gasteiger partial charge in [-0.2, -0.15) is 0 Å². The van der Waals surface area contributed by atoms with Gasteiger partial charge in [-0.3, -0.25) is 0 Å². The molecule has 7 heteroatoms. The van der Waals surface area contributed by atoms with E-state index in [4.69, 9.17) is 12.2 Å². The predicted molar refractivity (Wildman–Crippen MR) is 100 cm³/mol. The molecule has 6 nitrogen and oxygen atoms in total. The first-order valence-corrected chi connectivity index (χ1v) is 8.21. The van der Waals surface area contributed by atoms with E-state index >= 15 is 0 Å². The quantitative estimate of drug-likeness (QED) is 0.403. The molecule has 0 saturated carbocycles. The molecule has 2 aromatic heterocycles. The van der Waals surface area contributed by atoms with Gasteiger partial charge in [0.1, 0.15) is 0 Å². The van der Waals surface area contributed by atoms with Crippen LogP contribution in [0.5, 0.6) is 0 Å². The van der Waals surface area contributed by atoms with Gasteiger partial charge < -0.3 is 20.6 Å². The standard InChI is InChI=1S/C17H20N6S/c1-3-4-5-12(18-2)14-8-9-19-16(21-14)20-11-6-7-13-15(10-11)23-17(24)22-13/h3-4,6-10,12,18H,5H2,1-2H3,(H,19,20,21)(H2,22,23,24). The normalized spacial score (nSPS) is 12.8. The van der Waals surface area contributed by atoms with Crippen LogP contribution in [0, 0.1) is 4.77 Å². The van der Waals surface area contributed by atoms with E-state index in [1.807, 2.05) is 44.3 Å². The van der Waals surface area contributed by atoms with Gasteiger partial charge in [0.15, 0.2) is 4.77 Å². The van der Waals surface area contributed by atoms with Gasteiger partial charge in [0.2, 0.25) is 5.95 Å². The topological polar surface area (TPSA) is 81.4 Å². The van der Waals surface area contributed by atoms with Crippen LogP contribution in [0.15, 0.2) is 42.6 Å². The van der Waals surface area contributed by atoms with Crippen LogP contribution in [0.1, 0.15) is 25.1 Å². The molecule has 0 bridgehead atoms. The van der Waals surface area contributed by atoms with Crippen LogP contribution in [0.4, 0.5) is 11.6 Å². The van der Waals surface area contributed by atoms with E-state index in [9.17, 15) is 0 Å². The average Bonchev–Trinajstić information content (AvgIpc) is 2.95. The zero-order chi connectivity index (χ0) is 16.9. The number of anilines is 2. The largest absolute Gasteiger partial charge is 0.331 e. The molecule has 0 radical (unpaired) electrons. The lowest BCUT2D eigenvalue weighted by Crippen LogP contribution is -2.17. The molecule has 24 heavy (non-hydrogen) atoms. The molecule has 2 heterocycles. The number of fused-ring (bicyclic) bond motifs is 1. The van der Waals surface area contributed by atoms with Gasteiger partial charge in [-0.05, 0) is 56.9 Å². The van der Waals surface area contributed by atoms with Gasteiger partial charge >= 0.3 is 0 Å². The van der Waals surface area contributed by atoms with Gasteiger partial charge in [-0.25, -0.2) is 9.97 Å². The van der Waals surface area contributed by atoms with Crippen LogP contribution in [0.2, 0.25) is 0 Å². The minimum atomic E-state index is 0.160. The number of imidazole rings is 1. The van der Waals surface area contributed by atoms with E-state index in [2.05, 4.69) is 36.6 Å². The van der Waals surface area contributed by atoms with Gasteiger partial charge in [-0.1, -0.05) is 12.2 Å². The van der Waals surface area contributed by atoms with Crippen LogP contribution >= 0.6 is 12.2 Å². The number of nitrogens with zero attached hydrogens (tertiary/aromatic N) is 2. The molecule has 3 rings (SSSR count). The summed E-state index contributed by atoms with van der Waals surface area (Å²) in [5.41, 5.74) is 3.78. The van der Waals surface area contributed by atoms with Crippen LogP contribution in [0.3, 0.4) is 0 Å². The highest BCUT2D eigenvalue weighted by Gasteiger charge is 2.10. The zero-order valence-corrected chi connectivity index (χ0v) is 14.4. The summed E-state index contributed by atoms with van der Waals surface area (Å²) in [5.74, 6) is 0.571. The van der Waals surface area contributed by atoms with Gasteiger partial charge in [0.25, 0.3) is 0 Å². The minimum absolute atomic E-state index is 0.160. The molecule has 0 aliphatic carbocycles. The third kappa shape index (κ3) is 3.69. The van der Waals surface area contributed by atoms with Crippen molar-refractivity contribution in [1.29, 1.82) is 0 Å². The number of aromatic amines is 2. The Morgan fingerprint density at radius 3 is 2.88 bits per heavy atom. The molecular formula is C17H20N6S. The van der Waals surface area contributed by atoms with Crippen molar-refractivity contribution >= 4 is 34.9 Å². The number of nitrogens with one attached hydrogen (secondary N) is 4. The molecule has 1 unspecified atom stereocenters. The molecular weight excluding hydrogens is 320 g/mol. The summed E-state index contributed by atoms with van der Waals surface area (Å²) in [7, 11) is 1.94. The SMILES string of the molecule is CC=CCC(NC)c1ccnc(Nc2ccc3[nH]c(=S)[nH]c3c2)n1. The van der Waals surface area contributed by atoms with E-state index in [1.54, 1.807) is 6.20 Å².